The van der Waals surface area contributed by atoms with E-state index in [2.05, 4.69) is 17.0 Å². The summed E-state index contributed by atoms with van der Waals surface area (Å²) in [4.78, 5) is 33.2. The lowest BCUT2D eigenvalue weighted by Gasteiger charge is -2.31. The van der Waals surface area contributed by atoms with Gasteiger partial charge >= 0.3 is 5.97 Å². The summed E-state index contributed by atoms with van der Waals surface area (Å²) in [6.07, 6.45) is 9.71. The second kappa shape index (κ2) is 9.74. The fraction of sp³-hybridized carbons (Fsp3) is 0.379. The number of hydrogen-bond acceptors (Lipinski definition) is 5. The third kappa shape index (κ3) is 4.90. The highest BCUT2D eigenvalue weighted by Gasteiger charge is 2.35. The molecule has 0 radical (unpaired) electrons. The lowest BCUT2D eigenvalue weighted by Crippen LogP contribution is -2.39. The van der Waals surface area contributed by atoms with E-state index in [0.717, 1.165) is 65.9 Å². The Hall–Kier alpha value is -3.52. The molecule has 0 unspecified atom stereocenters. The molecule has 7 nitrogen and oxygen atoms in total. The number of hydrogen-bond donors (Lipinski definition) is 1. The molecule has 4 aromatic rings. The number of carbonyl (C=O) groups is 2. The number of carboxylic acid groups (broad SMARTS) is 1. The van der Waals surface area contributed by atoms with Crippen molar-refractivity contribution in [2.24, 2.45) is 17.8 Å². The van der Waals surface area contributed by atoms with E-state index in [4.69, 9.17) is 0 Å². The van der Waals surface area contributed by atoms with Crippen LogP contribution in [0.1, 0.15) is 55.1 Å². The lowest BCUT2D eigenvalue weighted by atomic mass is 9.82. The van der Waals surface area contributed by atoms with Gasteiger partial charge in [-0.1, -0.05) is 31.2 Å². The van der Waals surface area contributed by atoms with E-state index in [0.29, 0.717) is 24.1 Å². The monoisotopic (exact) mass is 514 g/mol. The number of carbonyl (C=O) groups excluding carboxylic acids is 1. The van der Waals surface area contributed by atoms with Gasteiger partial charge < -0.3 is 10.0 Å². The van der Waals surface area contributed by atoms with E-state index in [1.165, 1.54) is 11.3 Å². The van der Waals surface area contributed by atoms with Crippen molar-refractivity contribution >= 4 is 34.5 Å². The van der Waals surface area contributed by atoms with Crippen molar-refractivity contribution in [3.63, 3.8) is 0 Å². The average Bonchev–Trinajstić information content (AvgIpc) is 3.45. The van der Waals surface area contributed by atoms with Crippen molar-refractivity contribution in [1.82, 2.24) is 14.6 Å². The first-order valence-corrected chi connectivity index (χ1v) is 13.9. The van der Waals surface area contributed by atoms with Gasteiger partial charge in [0.25, 0.3) is 0 Å². The smallest absolute Gasteiger partial charge is 0.348 e. The van der Waals surface area contributed by atoms with Crippen LogP contribution in [0, 0.1) is 17.8 Å². The Kier molecular flexibility index (Phi) is 6.28. The highest BCUT2D eigenvalue weighted by molar-refractivity contribution is 7.18. The summed E-state index contributed by atoms with van der Waals surface area (Å²) in [5, 5.41) is 14.7. The third-order valence-corrected chi connectivity index (χ3v) is 8.83. The van der Waals surface area contributed by atoms with Crippen LogP contribution < -0.4 is 4.90 Å². The number of aromatic carboxylic acids is 1. The summed E-state index contributed by atoms with van der Waals surface area (Å²) >= 11 is 1.24. The van der Waals surface area contributed by atoms with Gasteiger partial charge in [-0.05, 0) is 68.1 Å². The molecule has 37 heavy (non-hydrogen) atoms. The van der Waals surface area contributed by atoms with E-state index < -0.39 is 5.97 Å². The average molecular weight is 515 g/mol. The van der Waals surface area contributed by atoms with E-state index >= 15 is 0 Å². The molecule has 0 spiro atoms. The molecule has 3 aromatic heterocycles. The summed E-state index contributed by atoms with van der Waals surface area (Å²) in [7, 11) is 0. The minimum Gasteiger partial charge on any atom is -0.477 e. The standard InChI is InChI=1S/C29H30N4O3S/c1-18-3-7-22(8-4-18)28(34)32(17-19-5-6-19)24-16-25(37-27(24)29(35)36)21-11-9-20(10-12-21)23-15-26-30-13-2-14-33(26)31-23/h2,9-16,18-19,22H,3-8,17H2,1H3,(H,35,36). The number of thiophene rings is 1. The van der Waals surface area contributed by atoms with E-state index in [-0.39, 0.29) is 16.7 Å². The highest BCUT2D eigenvalue weighted by atomic mass is 32.1. The molecule has 190 valence electrons. The van der Waals surface area contributed by atoms with Crippen LogP contribution in [0.5, 0.6) is 0 Å². The number of benzene rings is 1. The maximum absolute atomic E-state index is 13.7. The Morgan fingerprint density at radius 2 is 1.78 bits per heavy atom. The number of rotatable bonds is 7. The van der Waals surface area contributed by atoms with Crippen LogP contribution in [0.3, 0.4) is 0 Å². The summed E-state index contributed by atoms with van der Waals surface area (Å²) in [6, 6.07) is 13.7. The maximum Gasteiger partial charge on any atom is 0.348 e. The lowest BCUT2D eigenvalue weighted by molar-refractivity contribution is -0.123. The van der Waals surface area contributed by atoms with Crippen LogP contribution in [-0.4, -0.2) is 38.1 Å². The molecule has 0 atom stereocenters. The van der Waals surface area contributed by atoms with Crippen molar-refractivity contribution in [3.05, 3.63) is 59.7 Å². The van der Waals surface area contributed by atoms with Crippen LogP contribution in [0.4, 0.5) is 5.69 Å². The largest absolute Gasteiger partial charge is 0.477 e. The Morgan fingerprint density at radius 3 is 2.46 bits per heavy atom. The third-order valence-electron chi connectivity index (χ3n) is 7.67. The number of nitrogens with zero attached hydrogens (tertiary/aromatic N) is 4. The summed E-state index contributed by atoms with van der Waals surface area (Å²) in [5.41, 5.74) is 4.05. The molecular formula is C29H30N4O3S. The van der Waals surface area contributed by atoms with E-state index in [9.17, 15) is 14.7 Å². The molecule has 0 aliphatic heterocycles. The SMILES string of the molecule is CC1CCC(C(=O)N(CC2CC2)c2cc(-c3ccc(-c4cc5ncccn5n4)cc3)sc2C(=O)O)CC1. The molecular weight excluding hydrogens is 484 g/mol. The number of amides is 1. The quantitative estimate of drug-likeness (QED) is 0.309. The van der Waals surface area contributed by atoms with Crippen molar-refractivity contribution in [2.45, 2.75) is 45.4 Å². The van der Waals surface area contributed by atoms with Crippen LogP contribution in [0.2, 0.25) is 0 Å². The molecule has 8 heteroatoms. The van der Waals surface area contributed by atoms with Gasteiger partial charge in [0.1, 0.15) is 4.88 Å². The highest BCUT2D eigenvalue weighted by Crippen LogP contribution is 2.41. The first kappa shape index (κ1) is 23.9. The predicted octanol–water partition coefficient (Wildman–Crippen LogP) is 6.39. The number of carboxylic acids is 1. The summed E-state index contributed by atoms with van der Waals surface area (Å²) in [6.45, 7) is 2.86. The predicted molar refractivity (Wildman–Crippen MR) is 145 cm³/mol. The van der Waals surface area contributed by atoms with Gasteiger partial charge in [0.05, 0.1) is 11.4 Å². The zero-order chi connectivity index (χ0) is 25.5. The second-order valence-corrected chi connectivity index (χ2v) is 11.6. The van der Waals surface area contributed by atoms with Gasteiger partial charge in [0, 0.05) is 41.4 Å². The molecule has 2 aliphatic rings. The van der Waals surface area contributed by atoms with Crippen molar-refractivity contribution in [1.29, 1.82) is 0 Å². The molecule has 0 saturated heterocycles. The molecule has 2 saturated carbocycles. The van der Waals surface area contributed by atoms with Gasteiger partial charge in [0.15, 0.2) is 5.65 Å². The first-order chi connectivity index (χ1) is 18.0. The Labute approximate surface area is 219 Å². The van der Waals surface area contributed by atoms with Gasteiger partial charge in [-0.25, -0.2) is 14.3 Å². The van der Waals surface area contributed by atoms with Gasteiger partial charge in [-0.15, -0.1) is 11.3 Å². The van der Waals surface area contributed by atoms with Gasteiger partial charge in [-0.2, -0.15) is 5.10 Å². The van der Waals surface area contributed by atoms with E-state index in [1.807, 2.05) is 48.7 Å². The van der Waals surface area contributed by atoms with Crippen LogP contribution >= 0.6 is 11.3 Å². The number of anilines is 1. The van der Waals surface area contributed by atoms with Crippen molar-refractivity contribution in [2.75, 3.05) is 11.4 Å². The summed E-state index contributed by atoms with van der Waals surface area (Å²) < 4.78 is 1.74. The Bertz CT molecular complexity index is 1410. The van der Waals surface area contributed by atoms with Crippen LogP contribution in [0.15, 0.2) is 54.9 Å². The normalized spacial score (nSPS) is 19.7. The molecule has 3 heterocycles. The topological polar surface area (TPSA) is 87.8 Å². The Morgan fingerprint density at radius 1 is 1.05 bits per heavy atom. The van der Waals surface area contributed by atoms with Crippen LogP contribution in [-0.2, 0) is 4.79 Å². The summed E-state index contributed by atoms with van der Waals surface area (Å²) in [5.74, 6) is 0.227. The maximum atomic E-state index is 13.7. The molecule has 1 amide bonds. The van der Waals surface area contributed by atoms with Crippen molar-refractivity contribution < 1.29 is 14.7 Å². The zero-order valence-electron chi connectivity index (χ0n) is 20.8. The molecule has 0 bridgehead atoms. The minimum absolute atomic E-state index is 0.0147. The molecule has 1 N–H and O–H groups in total. The number of aromatic nitrogens is 3. The Balaban J connectivity index is 1.31. The van der Waals surface area contributed by atoms with Crippen LogP contribution in [0.25, 0.3) is 27.3 Å². The molecule has 2 aliphatic carbocycles. The fourth-order valence-corrected chi connectivity index (χ4v) is 6.25. The van der Waals surface area contributed by atoms with Gasteiger partial charge in [-0.3, -0.25) is 4.79 Å². The van der Waals surface area contributed by atoms with Gasteiger partial charge in [0.2, 0.25) is 5.91 Å². The number of fused-ring (bicyclic) bond motifs is 1. The molecule has 6 rings (SSSR count). The van der Waals surface area contributed by atoms with Crippen molar-refractivity contribution in [3.8, 4) is 21.7 Å². The first-order valence-electron chi connectivity index (χ1n) is 13.1. The minimum atomic E-state index is -0.981. The zero-order valence-corrected chi connectivity index (χ0v) is 21.7. The molecule has 2 fully saturated rings. The fourth-order valence-electron chi connectivity index (χ4n) is 5.25. The second-order valence-electron chi connectivity index (χ2n) is 10.5. The van der Waals surface area contributed by atoms with E-state index in [1.54, 1.807) is 15.6 Å². The molecule has 1 aromatic carbocycles.